The van der Waals surface area contributed by atoms with Gasteiger partial charge in [-0.25, -0.2) is 4.98 Å². The van der Waals surface area contributed by atoms with Gasteiger partial charge in [-0.15, -0.1) is 0 Å². The van der Waals surface area contributed by atoms with Crippen LogP contribution in [-0.4, -0.2) is 9.97 Å². The van der Waals surface area contributed by atoms with Gasteiger partial charge in [-0.3, -0.25) is 0 Å². The summed E-state index contributed by atoms with van der Waals surface area (Å²) in [5.41, 5.74) is 4.68. The number of nitrogens with one attached hydrogen (secondary N) is 2. The lowest BCUT2D eigenvalue weighted by Crippen LogP contribution is -2.07. The van der Waals surface area contributed by atoms with E-state index >= 15 is 0 Å². The summed E-state index contributed by atoms with van der Waals surface area (Å²) < 4.78 is 0. The van der Waals surface area contributed by atoms with Crippen molar-refractivity contribution in [3.05, 3.63) is 59.7 Å². The van der Waals surface area contributed by atoms with Crippen LogP contribution >= 0.6 is 0 Å². The van der Waals surface area contributed by atoms with Crippen LogP contribution in [0.2, 0.25) is 0 Å². The zero-order valence-electron chi connectivity index (χ0n) is 11.9. The van der Waals surface area contributed by atoms with Crippen molar-refractivity contribution in [3.63, 3.8) is 0 Å². The second-order valence-corrected chi connectivity index (χ2v) is 5.06. The molecule has 1 heterocycles. The smallest absolute Gasteiger partial charge is 0.201 e. The first-order chi connectivity index (χ1) is 9.76. The number of H-pyrrole nitrogens is 1. The van der Waals surface area contributed by atoms with E-state index in [1.54, 1.807) is 0 Å². The highest BCUT2D eigenvalue weighted by molar-refractivity contribution is 5.77. The Balaban J connectivity index is 1.78. The number of hydrogen-bond acceptors (Lipinski definition) is 2. The van der Waals surface area contributed by atoms with Gasteiger partial charge in [0.25, 0.3) is 0 Å². The molecule has 1 unspecified atom stereocenters. The Hall–Kier alpha value is -2.29. The summed E-state index contributed by atoms with van der Waals surface area (Å²) in [5.74, 6) is 0.818. The van der Waals surface area contributed by atoms with Crippen LogP contribution < -0.4 is 5.32 Å². The van der Waals surface area contributed by atoms with Crippen molar-refractivity contribution in [2.45, 2.75) is 26.3 Å². The molecule has 102 valence electrons. The first kappa shape index (κ1) is 12.7. The summed E-state index contributed by atoms with van der Waals surface area (Å²) in [6.45, 7) is 4.32. The Kier molecular flexibility index (Phi) is 3.42. The van der Waals surface area contributed by atoms with Gasteiger partial charge in [0.1, 0.15) is 0 Å². The maximum Gasteiger partial charge on any atom is 0.201 e. The number of benzene rings is 2. The summed E-state index contributed by atoms with van der Waals surface area (Å²) in [4.78, 5) is 7.84. The zero-order valence-corrected chi connectivity index (χ0v) is 11.9. The van der Waals surface area contributed by atoms with Gasteiger partial charge in [-0.05, 0) is 36.6 Å². The highest BCUT2D eigenvalue weighted by Gasteiger charge is 2.08. The molecule has 3 heteroatoms. The molecule has 0 radical (unpaired) electrons. The van der Waals surface area contributed by atoms with E-state index in [0.717, 1.165) is 23.4 Å². The van der Waals surface area contributed by atoms with E-state index < -0.39 is 0 Å². The van der Waals surface area contributed by atoms with Crippen LogP contribution in [0.1, 0.15) is 31.0 Å². The van der Waals surface area contributed by atoms with Gasteiger partial charge in [0, 0.05) is 0 Å². The van der Waals surface area contributed by atoms with Crippen LogP contribution in [0.5, 0.6) is 0 Å². The number of imidazole rings is 1. The maximum absolute atomic E-state index is 4.55. The Morgan fingerprint density at radius 3 is 2.55 bits per heavy atom. The van der Waals surface area contributed by atoms with Gasteiger partial charge in [0.05, 0.1) is 17.1 Å². The molecule has 0 saturated heterocycles. The van der Waals surface area contributed by atoms with E-state index in [9.17, 15) is 0 Å². The third-order valence-electron chi connectivity index (χ3n) is 3.63. The van der Waals surface area contributed by atoms with E-state index in [2.05, 4.69) is 53.4 Å². The summed E-state index contributed by atoms with van der Waals surface area (Å²) in [5, 5.41) is 3.42. The third-order valence-corrected chi connectivity index (χ3v) is 3.63. The number of rotatable bonds is 4. The molecular weight excluding hydrogens is 246 g/mol. The number of anilines is 1. The van der Waals surface area contributed by atoms with Crippen molar-refractivity contribution < 1.29 is 0 Å². The van der Waals surface area contributed by atoms with E-state index in [4.69, 9.17) is 0 Å². The molecule has 0 spiro atoms. The Labute approximate surface area is 119 Å². The largest absolute Gasteiger partial charge is 0.349 e. The maximum atomic E-state index is 4.55. The number of nitrogens with zero attached hydrogens (tertiary/aromatic N) is 1. The molecule has 2 aromatic carbocycles. The zero-order chi connectivity index (χ0) is 13.9. The van der Waals surface area contributed by atoms with Gasteiger partial charge in [0.15, 0.2) is 0 Å². The van der Waals surface area contributed by atoms with Gasteiger partial charge < -0.3 is 10.3 Å². The van der Waals surface area contributed by atoms with Crippen molar-refractivity contribution in [1.82, 2.24) is 9.97 Å². The van der Waals surface area contributed by atoms with Gasteiger partial charge in [-0.1, -0.05) is 43.3 Å². The summed E-state index contributed by atoms with van der Waals surface area (Å²) >= 11 is 0. The quantitative estimate of drug-likeness (QED) is 0.738. The predicted octanol–water partition coefficient (Wildman–Crippen LogP) is 4.30. The fourth-order valence-corrected chi connectivity index (χ4v) is 2.35. The molecule has 0 fully saturated rings. The Morgan fingerprint density at radius 2 is 1.85 bits per heavy atom. The highest BCUT2D eigenvalue weighted by atomic mass is 15.1. The van der Waals surface area contributed by atoms with Crippen LogP contribution in [0.15, 0.2) is 48.5 Å². The standard InChI is InChI=1S/C17H19N3/c1-3-13-8-10-14(11-9-13)12(2)18-17-19-15-6-4-5-7-16(15)20-17/h4-12H,3H2,1-2H3,(H2,18,19,20). The first-order valence-electron chi connectivity index (χ1n) is 7.06. The molecule has 1 aromatic heterocycles. The minimum Gasteiger partial charge on any atom is -0.349 e. The minimum absolute atomic E-state index is 0.224. The Bertz CT molecular complexity index is 665. The third kappa shape index (κ3) is 2.52. The number of aromatic nitrogens is 2. The summed E-state index contributed by atoms with van der Waals surface area (Å²) in [7, 11) is 0. The molecule has 1 atom stereocenters. The van der Waals surface area contributed by atoms with Crippen molar-refractivity contribution in [2.75, 3.05) is 5.32 Å². The lowest BCUT2D eigenvalue weighted by atomic mass is 10.1. The van der Waals surface area contributed by atoms with Crippen LogP contribution in [0.4, 0.5) is 5.95 Å². The van der Waals surface area contributed by atoms with Crippen LogP contribution in [0.3, 0.4) is 0 Å². The second kappa shape index (κ2) is 5.37. The van der Waals surface area contributed by atoms with Gasteiger partial charge in [-0.2, -0.15) is 0 Å². The molecule has 3 nitrogen and oxygen atoms in total. The highest BCUT2D eigenvalue weighted by Crippen LogP contribution is 2.20. The number of aryl methyl sites for hydroxylation is 1. The van der Waals surface area contributed by atoms with E-state index in [-0.39, 0.29) is 6.04 Å². The van der Waals surface area contributed by atoms with Gasteiger partial charge >= 0.3 is 0 Å². The summed E-state index contributed by atoms with van der Waals surface area (Å²) in [6, 6.07) is 17.0. The average molecular weight is 265 g/mol. The molecule has 0 aliphatic carbocycles. The van der Waals surface area contributed by atoms with E-state index in [0.29, 0.717) is 0 Å². The van der Waals surface area contributed by atoms with Crippen molar-refractivity contribution in [2.24, 2.45) is 0 Å². The molecule has 2 N–H and O–H groups in total. The molecule has 0 aliphatic rings. The average Bonchev–Trinajstić information content (AvgIpc) is 2.89. The lowest BCUT2D eigenvalue weighted by Gasteiger charge is -2.13. The molecule has 0 saturated carbocycles. The molecule has 0 aliphatic heterocycles. The van der Waals surface area contributed by atoms with Gasteiger partial charge in [0.2, 0.25) is 5.95 Å². The Morgan fingerprint density at radius 1 is 1.10 bits per heavy atom. The van der Waals surface area contributed by atoms with Crippen LogP contribution in [-0.2, 0) is 6.42 Å². The number of aromatic amines is 1. The summed E-state index contributed by atoms with van der Waals surface area (Å²) in [6.07, 6.45) is 1.08. The number of hydrogen-bond donors (Lipinski definition) is 2. The van der Waals surface area contributed by atoms with Crippen molar-refractivity contribution in [3.8, 4) is 0 Å². The molecule has 3 aromatic rings. The SMILES string of the molecule is CCc1ccc(C(C)Nc2nc3ccccc3[nH]2)cc1. The monoisotopic (exact) mass is 265 g/mol. The number of para-hydroxylation sites is 2. The topological polar surface area (TPSA) is 40.7 Å². The fourth-order valence-electron chi connectivity index (χ4n) is 2.35. The molecule has 0 amide bonds. The molecule has 20 heavy (non-hydrogen) atoms. The van der Waals surface area contributed by atoms with Crippen molar-refractivity contribution >= 4 is 17.0 Å². The lowest BCUT2D eigenvalue weighted by molar-refractivity contribution is 0.867. The predicted molar refractivity (Wildman–Crippen MR) is 84.0 cm³/mol. The van der Waals surface area contributed by atoms with Crippen LogP contribution in [0, 0.1) is 0 Å². The second-order valence-electron chi connectivity index (χ2n) is 5.06. The van der Waals surface area contributed by atoms with E-state index in [1.807, 2.05) is 24.3 Å². The van der Waals surface area contributed by atoms with E-state index in [1.165, 1.54) is 11.1 Å². The normalized spacial score (nSPS) is 12.5. The molecular formula is C17H19N3. The minimum atomic E-state index is 0.224. The fraction of sp³-hybridized carbons (Fsp3) is 0.235. The molecule has 0 bridgehead atoms. The molecule has 3 rings (SSSR count). The van der Waals surface area contributed by atoms with Crippen molar-refractivity contribution in [1.29, 1.82) is 0 Å². The number of fused-ring (bicyclic) bond motifs is 1. The first-order valence-corrected chi connectivity index (χ1v) is 7.06. The van der Waals surface area contributed by atoms with Crippen LogP contribution in [0.25, 0.3) is 11.0 Å².